The summed E-state index contributed by atoms with van der Waals surface area (Å²) in [7, 11) is -3.83. The molecule has 2 N–H and O–H groups in total. The van der Waals surface area contributed by atoms with E-state index in [4.69, 9.17) is 13.9 Å². The Balaban J connectivity index is 1.44. The molecule has 9 nitrogen and oxygen atoms in total. The van der Waals surface area contributed by atoms with Gasteiger partial charge in [0.1, 0.15) is 24.8 Å². The van der Waals surface area contributed by atoms with Crippen LogP contribution < -0.4 is 19.5 Å². The van der Waals surface area contributed by atoms with E-state index < -0.39 is 10.0 Å². The van der Waals surface area contributed by atoms with Crippen LogP contribution in [0.25, 0.3) is 0 Å². The lowest BCUT2D eigenvalue weighted by Crippen LogP contribution is -2.18. The van der Waals surface area contributed by atoms with E-state index in [9.17, 15) is 8.42 Å². The van der Waals surface area contributed by atoms with Gasteiger partial charge in [0.05, 0.1) is 17.7 Å². The maximum Gasteiger partial charge on any atom is 0.263 e. The van der Waals surface area contributed by atoms with Crippen LogP contribution >= 0.6 is 0 Å². The van der Waals surface area contributed by atoms with Crippen molar-refractivity contribution in [1.29, 1.82) is 0 Å². The lowest BCUT2D eigenvalue weighted by atomic mass is 10.3. The standard InChI is InChI=1S/C17H16N4O5S/c22-27(23,13-3-4-14-15(10-13)26-9-8-25-14)21-17-6-5-16(19-20-17)18-11-12-2-1-7-24-12/h1-7,10H,8-9,11H2,(H,18,19)(H,20,21). The number of benzene rings is 1. The number of sulfonamides is 1. The van der Waals surface area contributed by atoms with Crippen molar-refractivity contribution in [2.45, 2.75) is 11.4 Å². The second-order valence-corrected chi connectivity index (χ2v) is 7.33. The topological polar surface area (TPSA) is 116 Å². The molecule has 0 aliphatic carbocycles. The summed E-state index contributed by atoms with van der Waals surface area (Å²) in [6, 6.07) is 11.2. The van der Waals surface area contributed by atoms with Crippen molar-refractivity contribution in [3.8, 4) is 11.5 Å². The highest BCUT2D eigenvalue weighted by atomic mass is 32.2. The second kappa shape index (κ2) is 7.16. The van der Waals surface area contributed by atoms with Crippen LogP contribution in [0.1, 0.15) is 5.76 Å². The second-order valence-electron chi connectivity index (χ2n) is 5.65. The average molecular weight is 388 g/mol. The van der Waals surface area contributed by atoms with Crippen LogP contribution in [0.2, 0.25) is 0 Å². The minimum Gasteiger partial charge on any atom is -0.486 e. The zero-order valence-corrected chi connectivity index (χ0v) is 14.9. The summed E-state index contributed by atoms with van der Waals surface area (Å²) in [6.45, 7) is 1.26. The molecule has 0 amide bonds. The third-order valence-electron chi connectivity index (χ3n) is 3.75. The van der Waals surface area contributed by atoms with Gasteiger partial charge < -0.3 is 19.2 Å². The largest absolute Gasteiger partial charge is 0.486 e. The van der Waals surface area contributed by atoms with Crippen molar-refractivity contribution < 1.29 is 22.3 Å². The van der Waals surface area contributed by atoms with Crippen molar-refractivity contribution in [2.24, 2.45) is 0 Å². The first-order chi connectivity index (χ1) is 13.1. The Labute approximate surface area is 155 Å². The molecule has 0 saturated heterocycles. The summed E-state index contributed by atoms with van der Waals surface area (Å²) >= 11 is 0. The van der Waals surface area contributed by atoms with E-state index in [0.717, 1.165) is 5.76 Å². The third-order valence-corrected chi connectivity index (χ3v) is 5.10. The zero-order chi connectivity index (χ0) is 18.7. The number of hydrogen-bond donors (Lipinski definition) is 2. The van der Waals surface area contributed by atoms with Gasteiger partial charge in [-0.3, -0.25) is 4.72 Å². The fourth-order valence-corrected chi connectivity index (χ4v) is 3.47. The van der Waals surface area contributed by atoms with Crippen LogP contribution in [0, 0.1) is 0 Å². The minimum atomic E-state index is -3.83. The quantitative estimate of drug-likeness (QED) is 0.661. The highest BCUT2D eigenvalue weighted by Crippen LogP contribution is 2.32. The van der Waals surface area contributed by atoms with E-state index in [1.54, 1.807) is 24.5 Å². The molecule has 0 spiro atoms. The van der Waals surface area contributed by atoms with Gasteiger partial charge in [-0.05, 0) is 36.4 Å². The van der Waals surface area contributed by atoms with Gasteiger partial charge in [0.25, 0.3) is 10.0 Å². The Morgan fingerprint density at radius 2 is 1.74 bits per heavy atom. The molecule has 27 heavy (non-hydrogen) atoms. The van der Waals surface area contributed by atoms with Crippen molar-refractivity contribution in [1.82, 2.24) is 10.2 Å². The van der Waals surface area contributed by atoms with Crippen molar-refractivity contribution in [3.63, 3.8) is 0 Å². The van der Waals surface area contributed by atoms with Crippen LogP contribution in [0.3, 0.4) is 0 Å². The molecule has 3 heterocycles. The average Bonchev–Trinajstić information content (AvgIpc) is 3.20. The predicted molar refractivity (Wildman–Crippen MR) is 96.3 cm³/mol. The molecule has 1 aliphatic heterocycles. The number of furan rings is 1. The molecule has 0 radical (unpaired) electrons. The van der Waals surface area contributed by atoms with Gasteiger partial charge in [0, 0.05) is 6.07 Å². The van der Waals surface area contributed by atoms with E-state index in [1.807, 2.05) is 6.07 Å². The summed E-state index contributed by atoms with van der Waals surface area (Å²) in [5.41, 5.74) is 0. The molecule has 3 aromatic rings. The summed E-state index contributed by atoms with van der Waals surface area (Å²) < 4.78 is 43.5. The molecule has 2 aromatic heterocycles. The Bertz CT molecular complexity index is 1020. The normalized spacial score (nSPS) is 13.2. The van der Waals surface area contributed by atoms with Gasteiger partial charge in [-0.1, -0.05) is 0 Å². The van der Waals surface area contributed by atoms with Gasteiger partial charge in [0.2, 0.25) is 0 Å². The Morgan fingerprint density at radius 3 is 2.48 bits per heavy atom. The SMILES string of the molecule is O=S(=O)(Nc1ccc(NCc2ccco2)nn1)c1ccc2c(c1)OCCO2. The van der Waals surface area contributed by atoms with Gasteiger partial charge >= 0.3 is 0 Å². The lowest BCUT2D eigenvalue weighted by molar-refractivity contribution is 0.171. The van der Waals surface area contributed by atoms with E-state index >= 15 is 0 Å². The monoisotopic (exact) mass is 388 g/mol. The molecule has 1 aromatic carbocycles. The van der Waals surface area contributed by atoms with Crippen LogP contribution in [-0.2, 0) is 16.6 Å². The van der Waals surface area contributed by atoms with Crippen LogP contribution in [0.4, 0.5) is 11.6 Å². The van der Waals surface area contributed by atoms with Gasteiger partial charge in [-0.2, -0.15) is 0 Å². The number of ether oxygens (including phenoxy) is 2. The fraction of sp³-hybridized carbons (Fsp3) is 0.176. The maximum atomic E-state index is 12.6. The molecule has 1 aliphatic rings. The summed E-state index contributed by atoms with van der Waals surface area (Å²) in [6.07, 6.45) is 1.58. The molecule has 0 bridgehead atoms. The lowest BCUT2D eigenvalue weighted by Gasteiger charge is -2.18. The van der Waals surface area contributed by atoms with E-state index in [0.29, 0.717) is 37.1 Å². The Kier molecular flexibility index (Phi) is 4.55. The first kappa shape index (κ1) is 17.2. The smallest absolute Gasteiger partial charge is 0.263 e. The Morgan fingerprint density at radius 1 is 0.963 bits per heavy atom. The molecular weight excluding hydrogens is 372 g/mol. The maximum absolute atomic E-state index is 12.6. The zero-order valence-electron chi connectivity index (χ0n) is 14.1. The minimum absolute atomic E-state index is 0.0496. The van der Waals surface area contributed by atoms with E-state index in [2.05, 4.69) is 20.2 Å². The number of rotatable bonds is 6. The number of nitrogens with one attached hydrogen (secondary N) is 2. The molecule has 4 rings (SSSR count). The van der Waals surface area contributed by atoms with Crippen molar-refractivity contribution >= 4 is 21.7 Å². The number of anilines is 2. The van der Waals surface area contributed by atoms with Crippen molar-refractivity contribution in [2.75, 3.05) is 23.3 Å². The fourth-order valence-electron chi connectivity index (χ4n) is 2.46. The van der Waals surface area contributed by atoms with Gasteiger partial charge in [0.15, 0.2) is 17.3 Å². The van der Waals surface area contributed by atoms with Crippen LogP contribution in [-0.4, -0.2) is 31.8 Å². The summed E-state index contributed by atoms with van der Waals surface area (Å²) in [4.78, 5) is 0.0496. The van der Waals surface area contributed by atoms with Crippen molar-refractivity contribution in [3.05, 3.63) is 54.5 Å². The Hall–Kier alpha value is -3.27. The summed E-state index contributed by atoms with van der Waals surface area (Å²) in [5, 5.41) is 10.9. The predicted octanol–water partition coefficient (Wildman–Crippen LogP) is 2.25. The molecule has 140 valence electrons. The van der Waals surface area contributed by atoms with E-state index in [-0.39, 0.29) is 10.7 Å². The molecule has 0 fully saturated rings. The summed E-state index contributed by atoms with van der Waals surface area (Å²) in [5.74, 6) is 2.27. The highest BCUT2D eigenvalue weighted by Gasteiger charge is 2.20. The number of fused-ring (bicyclic) bond motifs is 1. The molecule has 0 atom stereocenters. The number of aromatic nitrogens is 2. The number of nitrogens with zero attached hydrogens (tertiary/aromatic N) is 2. The molecular formula is C17H16N4O5S. The van der Waals surface area contributed by atoms with E-state index in [1.165, 1.54) is 18.2 Å². The first-order valence-electron chi connectivity index (χ1n) is 8.13. The van der Waals surface area contributed by atoms with Gasteiger partial charge in [-0.25, -0.2) is 8.42 Å². The molecule has 0 unspecified atom stereocenters. The molecule has 10 heteroatoms. The first-order valence-corrected chi connectivity index (χ1v) is 9.61. The molecule has 0 saturated carbocycles. The van der Waals surface area contributed by atoms with Gasteiger partial charge in [-0.15, -0.1) is 10.2 Å². The third kappa shape index (κ3) is 3.95. The van der Waals surface area contributed by atoms with Crippen LogP contribution in [0.5, 0.6) is 11.5 Å². The highest BCUT2D eigenvalue weighted by molar-refractivity contribution is 7.92. The van der Waals surface area contributed by atoms with Crippen LogP contribution in [0.15, 0.2) is 58.0 Å². The number of hydrogen-bond acceptors (Lipinski definition) is 8.